The lowest BCUT2D eigenvalue weighted by Crippen LogP contribution is -2.31. The Morgan fingerprint density at radius 3 is 1.70 bits per heavy atom. The first-order chi connectivity index (χ1) is 8.92. The second-order valence-electron chi connectivity index (χ2n) is 7.39. The molecule has 20 heavy (non-hydrogen) atoms. The molecule has 1 fully saturated rings. The maximum absolute atomic E-state index is 11.7. The van der Waals surface area contributed by atoms with Gasteiger partial charge in [0.05, 0.1) is 11.5 Å². The van der Waals surface area contributed by atoms with Crippen LogP contribution in [0.15, 0.2) is 0 Å². The van der Waals surface area contributed by atoms with Gasteiger partial charge < -0.3 is 9.53 Å². The number of ether oxygens (including phenoxy) is 1. The number of hydrogen-bond acceptors (Lipinski definition) is 3. The molecule has 0 amide bonds. The molecule has 1 rings (SSSR count). The van der Waals surface area contributed by atoms with Gasteiger partial charge in [-0.05, 0) is 67.2 Å². The second kappa shape index (κ2) is 7.77. The SMILES string of the molecule is CC(C)(C)OC(=O)C1CCC(C=O)CC1.CC(C)(C)[O]. The largest absolute Gasteiger partial charge is 0.460 e. The van der Waals surface area contributed by atoms with Crippen molar-refractivity contribution in [3.05, 3.63) is 0 Å². The van der Waals surface area contributed by atoms with Gasteiger partial charge in [-0.15, -0.1) is 0 Å². The molecule has 4 nitrogen and oxygen atoms in total. The van der Waals surface area contributed by atoms with Crippen molar-refractivity contribution in [1.82, 2.24) is 0 Å². The second-order valence-corrected chi connectivity index (χ2v) is 7.39. The zero-order valence-corrected chi connectivity index (χ0v) is 13.7. The molecular formula is C16H29O4. The van der Waals surface area contributed by atoms with Crippen molar-refractivity contribution >= 4 is 12.3 Å². The first kappa shape index (κ1) is 19.1. The van der Waals surface area contributed by atoms with E-state index in [1.807, 2.05) is 20.8 Å². The topological polar surface area (TPSA) is 63.3 Å². The fraction of sp³-hybridized carbons (Fsp3) is 0.875. The fourth-order valence-corrected chi connectivity index (χ4v) is 1.88. The molecule has 0 heterocycles. The van der Waals surface area contributed by atoms with Gasteiger partial charge in [-0.3, -0.25) is 4.79 Å². The Hall–Kier alpha value is -0.900. The van der Waals surface area contributed by atoms with E-state index >= 15 is 0 Å². The Bertz CT molecular complexity index is 295. The number of aldehydes is 1. The molecule has 1 aliphatic carbocycles. The third-order valence-corrected chi connectivity index (χ3v) is 2.70. The molecular weight excluding hydrogens is 256 g/mol. The van der Waals surface area contributed by atoms with E-state index in [4.69, 9.17) is 4.74 Å². The van der Waals surface area contributed by atoms with Gasteiger partial charge in [-0.25, -0.2) is 5.11 Å². The highest BCUT2D eigenvalue weighted by molar-refractivity contribution is 5.73. The summed E-state index contributed by atoms with van der Waals surface area (Å²) in [5.41, 5.74) is -1.15. The first-order valence-electron chi connectivity index (χ1n) is 7.31. The maximum atomic E-state index is 11.7. The molecule has 1 radical (unpaired) electrons. The Morgan fingerprint density at radius 1 is 1.00 bits per heavy atom. The number of esters is 1. The van der Waals surface area contributed by atoms with E-state index in [2.05, 4.69) is 0 Å². The van der Waals surface area contributed by atoms with Crippen molar-refractivity contribution in [2.45, 2.75) is 78.4 Å². The standard InChI is InChI=1S/C12H20O3.C4H9O/c1-12(2,3)15-11(14)10-6-4-9(8-13)5-7-10;1-4(2,3)5/h8-10H,4-7H2,1-3H3;1-3H3. The van der Waals surface area contributed by atoms with Crippen molar-refractivity contribution < 1.29 is 19.4 Å². The highest BCUT2D eigenvalue weighted by Gasteiger charge is 2.29. The summed E-state index contributed by atoms with van der Waals surface area (Å²) < 4.78 is 5.32. The lowest BCUT2D eigenvalue weighted by atomic mass is 9.83. The minimum atomic E-state index is -0.750. The molecule has 0 aromatic carbocycles. The zero-order chi connectivity index (χ0) is 16.0. The molecule has 1 saturated carbocycles. The highest BCUT2D eigenvalue weighted by Crippen LogP contribution is 2.29. The van der Waals surface area contributed by atoms with E-state index in [1.54, 1.807) is 20.8 Å². The summed E-state index contributed by atoms with van der Waals surface area (Å²) in [6.07, 6.45) is 4.24. The van der Waals surface area contributed by atoms with Crippen LogP contribution in [0.5, 0.6) is 0 Å². The van der Waals surface area contributed by atoms with Crippen LogP contribution in [-0.4, -0.2) is 23.5 Å². The summed E-state index contributed by atoms with van der Waals surface area (Å²) in [4.78, 5) is 22.2. The predicted molar refractivity (Wildman–Crippen MR) is 77.8 cm³/mol. The zero-order valence-electron chi connectivity index (χ0n) is 13.7. The maximum Gasteiger partial charge on any atom is 0.309 e. The van der Waals surface area contributed by atoms with Crippen LogP contribution in [0.3, 0.4) is 0 Å². The third kappa shape index (κ3) is 11.0. The minimum absolute atomic E-state index is 0.000394. The van der Waals surface area contributed by atoms with Crippen molar-refractivity contribution in [2.24, 2.45) is 11.8 Å². The van der Waals surface area contributed by atoms with Crippen LogP contribution in [0.4, 0.5) is 0 Å². The van der Waals surface area contributed by atoms with Gasteiger partial charge in [-0.2, -0.15) is 0 Å². The lowest BCUT2D eigenvalue weighted by molar-refractivity contribution is -0.161. The summed E-state index contributed by atoms with van der Waals surface area (Å²) in [5, 5.41) is 10.1. The van der Waals surface area contributed by atoms with E-state index < -0.39 is 11.2 Å². The molecule has 0 spiro atoms. The Labute approximate surface area is 122 Å². The molecule has 1 aliphatic rings. The van der Waals surface area contributed by atoms with E-state index in [9.17, 15) is 14.7 Å². The van der Waals surface area contributed by atoms with Crippen LogP contribution < -0.4 is 0 Å². The normalized spacial score (nSPS) is 23.4. The van der Waals surface area contributed by atoms with Crippen LogP contribution in [0.2, 0.25) is 0 Å². The van der Waals surface area contributed by atoms with Crippen molar-refractivity contribution in [2.75, 3.05) is 0 Å². The van der Waals surface area contributed by atoms with Crippen LogP contribution in [-0.2, 0) is 19.4 Å². The molecule has 0 N–H and O–H groups in total. The third-order valence-electron chi connectivity index (χ3n) is 2.70. The molecule has 0 bridgehead atoms. The van der Waals surface area contributed by atoms with Crippen molar-refractivity contribution in [1.29, 1.82) is 0 Å². The summed E-state index contributed by atoms with van der Waals surface area (Å²) >= 11 is 0. The van der Waals surface area contributed by atoms with Crippen LogP contribution in [0.1, 0.15) is 67.2 Å². The summed E-state index contributed by atoms with van der Waals surface area (Å²) in [7, 11) is 0. The van der Waals surface area contributed by atoms with E-state index in [-0.39, 0.29) is 17.8 Å². The molecule has 4 heteroatoms. The van der Waals surface area contributed by atoms with Gasteiger partial charge in [0.25, 0.3) is 0 Å². The number of carbonyl (C=O) groups is 2. The van der Waals surface area contributed by atoms with Gasteiger partial charge in [0.15, 0.2) is 0 Å². The molecule has 0 saturated heterocycles. The van der Waals surface area contributed by atoms with E-state index in [1.165, 1.54) is 0 Å². The number of hydrogen-bond donors (Lipinski definition) is 0. The fourth-order valence-electron chi connectivity index (χ4n) is 1.88. The van der Waals surface area contributed by atoms with E-state index in [0.29, 0.717) is 0 Å². The van der Waals surface area contributed by atoms with Crippen molar-refractivity contribution in [3.63, 3.8) is 0 Å². The smallest absolute Gasteiger partial charge is 0.309 e. The molecule has 0 aliphatic heterocycles. The van der Waals surface area contributed by atoms with Gasteiger partial charge in [-0.1, -0.05) is 0 Å². The predicted octanol–water partition coefficient (Wildman–Crippen LogP) is 3.55. The average molecular weight is 285 g/mol. The highest BCUT2D eigenvalue weighted by atomic mass is 16.6. The summed E-state index contributed by atoms with van der Waals surface area (Å²) in [6.45, 7) is 10.5. The van der Waals surface area contributed by atoms with Crippen LogP contribution in [0, 0.1) is 11.8 Å². The van der Waals surface area contributed by atoms with Crippen LogP contribution >= 0.6 is 0 Å². The molecule has 0 atom stereocenters. The number of carbonyl (C=O) groups excluding carboxylic acids is 2. The first-order valence-corrected chi connectivity index (χ1v) is 7.31. The monoisotopic (exact) mass is 285 g/mol. The van der Waals surface area contributed by atoms with Crippen molar-refractivity contribution in [3.8, 4) is 0 Å². The quantitative estimate of drug-likeness (QED) is 0.575. The summed E-state index contributed by atoms with van der Waals surface area (Å²) in [5.74, 6) is 0.0518. The molecule has 0 unspecified atom stereocenters. The van der Waals surface area contributed by atoms with Gasteiger partial charge in [0.1, 0.15) is 11.9 Å². The molecule has 117 valence electrons. The molecule has 0 aromatic heterocycles. The van der Waals surface area contributed by atoms with E-state index in [0.717, 1.165) is 32.0 Å². The average Bonchev–Trinajstić information content (AvgIpc) is 2.24. The number of rotatable bonds is 2. The van der Waals surface area contributed by atoms with Crippen LogP contribution in [0.25, 0.3) is 0 Å². The Morgan fingerprint density at radius 2 is 1.40 bits per heavy atom. The van der Waals surface area contributed by atoms with Gasteiger partial charge in [0, 0.05) is 5.92 Å². The Kier molecular flexibility index (Phi) is 7.42. The lowest BCUT2D eigenvalue weighted by Gasteiger charge is -2.27. The van der Waals surface area contributed by atoms with Gasteiger partial charge in [0.2, 0.25) is 0 Å². The summed E-state index contributed by atoms with van der Waals surface area (Å²) in [6, 6.07) is 0. The minimum Gasteiger partial charge on any atom is -0.460 e. The Balaban J connectivity index is 0.000000621. The van der Waals surface area contributed by atoms with Gasteiger partial charge >= 0.3 is 5.97 Å². The molecule has 0 aromatic rings.